The lowest BCUT2D eigenvalue weighted by Crippen LogP contribution is -2.07. The Labute approximate surface area is 92.9 Å². The number of carbonyl (C=O) groups excluding carboxylic acids is 1. The van der Waals surface area contributed by atoms with Crippen molar-refractivity contribution >= 4 is 27.6 Å². The highest BCUT2D eigenvalue weighted by Gasteiger charge is 2.65. The maximum Gasteiger partial charge on any atom is 0.310 e. The van der Waals surface area contributed by atoms with E-state index in [1.165, 1.54) is 0 Å². The normalized spacial score (nSPS) is 16.4. The fourth-order valence-corrected chi connectivity index (χ4v) is 2.07. The predicted molar refractivity (Wildman–Crippen MR) is 52.9 cm³/mol. The molecule has 0 aliphatic rings. The second-order valence-electron chi connectivity index (χ2n) is 3.17. The van der Waals surface area contributed by atoms with Crippen LogP contribution in [0.25, 0.3) is 0 Å². The van der Waals surface area contributed by atoms with E-state index < -0.39 is 25.9 Å². The summed E-state index contributed by atoms with van der Waals surface area (Å²) in [6, 6.07) is 0.863. The first-order chi connectivity index (χ1) is 6.81. The molecule has 8 heteroatoms. The molecule has 0 saturated carbocycles. The first-order valence-electron chi connectivity index (χ1n) is 3.86. The van der Waals surface area contributed by atoms with Crippen molar-refractivity contribution in [1.29, 1.82) is 0 Å². The van der Waals surface area contributed by atoms with Gasteiger partial charge in [-0.05, 0) is 25.1 Å². The quantitative estimate of drug-likeness (QED) is 0.537. The largest absolute Gasteiger partial charge is 0.310 e. The summed E-state index contributed by atoms with van der Waals surface area (Å²) in [5.74, 6) is -0.598. The molecule has 0 unspecified atom stereocenters. The van der Waals surface area contributed by atoms with Gasteiger partial charge in [-0.25, -0.2) is 0 Å². The van der Waals surface area contributed by atoms with E-state index >= 15 is 0 Å². The summed E-state index contributed by atoms with van der Waals surface area (Å²) in [5.41, 5.74) is -0.229. The van der Waals surface area contributed by atoms with Crippen LogP contribution >= 0.6 is 21.8 Å². The number of carbonyl (C=O) groups is 1. The molecule has 0 amide bonds. The summed E-state index contributed by atoms with van der Waals surface area (Å²) < 4.78 is 61.6. The molecule has 0 heterocycles. The van der Waals surface area contributed by atoms with Gasteiger partial charge in [-0.1, -0.05) is 31.0 Å². The number of benzene rings is 1. The van der Waals surface area contributed by atoms with Gasteiger partial charge in [-0.3, -0.25) is 4.79 Å². The van der Waals surface area contributed by atoms with E-state index in [-0.39, 0.29) is 17.7 Å². The maximum atomic E-state index is 12.3. The smallest absolute Gasteiger partial charge is 0.294 e. The Kier molecular flexibility index (Phi) is 2.39. The van der Waals surface area contributed by atoms with E-state index in [0.717, 1.165) is 6.92 Å². The van der Waals surface area contributed by atoms with Crippen molar-refractivity contribution in [1.82, 2.24) is 0 Å². The molecule has 0 fully saturated rings. The topological polar surface area (TPSA) is 17.1 Å². The third kappa shape index (κ3) is 2.85. The van der Waals surface area contributed by atoms with Crippen LogP contribution in [0.1, 0.15) is 17.3 Å². The minimum Gasteiger partial charge on any atom is -0.294 e. The summed E-state index contributed by atoms with van der Waals surface area (Å²) in [5, 5.41) is -0.641. The zero-order valence-electron chi connectivity index (χ0n) is 7.82. The van der Waals surface area contributed by atoms with E-state index in [2.05, 4.69) is 0 Å². The Hall–Kier alpha value is -0.820. The molecule has 92 valence electrons. The van der Waals surface area contributed by atoms with Gasteiger partial charge in [0.2, 0.25) is 0 Å². The lowest BCUT2D eigenvalue weighted by molar-refractivity contribution is 0.101. The first kappa shape index (κ1) is 13.2. The molecule has 1 rings (SSSR count). The molecule has 16 heavy (non-hydrogen) atoms. The van der Waals surface area contributed by atoms with Crippen LogP contribution in [0, 0.1) is 0 Å². The van der Waals surface area contributed by atoms with E-state index in [4.69, 9.17) is 11.6 Å². The van der Waals surface area contributed by atoms with Gasteiger partial charge in [0.15, 0.2) is 5.78 Å². The van der Waals surface area contributed by atoms with Gasteiger partial charge in [-0.2, -0.15) is 0 Å². The molecule has 0 saturated heterocycles. The summed E-state index contributed by atoms with van der Waals surface area (Å²) >= 11 is 5.32. The lowest BCUT2D eigenvalue weighted by atomic mass is 10.1. The average molecular weight is 281 g/mol. The van der Waals surface area contributed by atoms with Crippen molar-refractivity contribution in [2.75, 3.05) is 0 Å². The molecule has 0 aliphatic heterocycles. The second-order valence-corrected chi connectivity index (χ2v) is 5.98. The molecule has 0 atom stereocenters. The minimum absolute atomic E-state index is 0.0693. The Balaban J connectivity index is 3.45. The highest BCUT2D eigenvalue weighted by molar-refractivity contribution is 8.45. The van der Waals surface area contributed by atoms with E-state index in [1.807, 2.05) is 0 Å². The molecule has 1 nitrogen and oxygen atoms in total. The maximum absolute atomic E-state index is 12.3. The molecule has 1 aromatic carbocycles. The van der Waals surface area contributed by atoms with Gasteiger partial charge in [0.25, 0.3) is 0 Å². The summed E-state index contributed by atoms with van der Waals surface area (Å²) in [6.07, 6.45) is 0. The monoisotopic (exact) mass is 280 g/mol. The fraction of sp³-hybridized carbons (Fsp3) is 0.125. The second kappa shape index (κ2) is 2.89. The van der Waals surface area contributed by atoms with Crippen LogP contribution < -0.4 is 0 Å². The lowest BCUT2D eigenvalue weighted by Gasteiger charge is -2.40. The Morgan fingerprint density at radius 3 is 2.00 bits per heavy atom. The number of rotatable bonds is 2. The third-order valence-corrected chi connectivity index (χ3v) is 3.22. The summed E-state index contributed by atoms with van der Waals surface area (Å²) in [7, 11) is -9.72. The molecule has 0 aromatic heterocycles. The van der Waals surface area contributed by atoms with Gasteiger partial charge in [0.05, 0.1) is 5.02 Å². The molecule has 0 radical (unpaired) electrons. The number of ketones is 1. The molecule has 1 aromatic rings. The van der Waals surface area contributed by atoms with Crippen LogP contribution in [0.2, 0.25) is 5.02 Å². The van der Waals surface area contributed by atoms with Gasteiger partial charge in [-0.15, -0.1) is 0 Å². The van der Waals surface area contributed by atoms with Gasteiger partial charge >= 0.3 is 10.2 Å². The molecular formula is C8H6ClF5OS. The molecule has 0 N–H and O–H groups in total. The van der Waals surface area contributed by atoms with Gasteiger partial charge < -0.3 is 0 Å². The SMILES string of the molecule is CC(=O)c1ccc(S(F)(F)(F)(F)F)cc1Cl. The van der Waals surface area contributed by atoms with Crippen LogP contribution in [0.3, 0.4) is 0 Å². The molecule has 0 aliphatic carbocycles. The molecule has 0 spiro atoms. The van der Waals surface area contributed by atoms with Crippen molar-refractivity contribution in [3.05, 3.63) is 28.8 Å². The Bertz CT molecular complexity index is 466. The van der Waals surface area contributed by atoms with Crippen molar-refractivity contribution in [2.45, 2.75) is 11.8 Å². The standard InChI is InChI=1S/C8H6ClF5OS/c1-5(15)7-3-2-6(4-8(7)9)16(10,11,12,13)14/h2-4H,1H3. The van der Waals surface area contributed by atoms with Crippen molar-refractivity contribution in [2.24, 2.45) is 0 Å². The van der Waals surface area contributed by atoms with Crippen LogP contribution in [0.5, 0.6) is 0 Å². The predicted octanol–water partition coefficient (Wildman–Crippen LogP) is 5.20. The van der Waals surface area contributed by atoms with Crippen molar-refractivity contribution in [3.8, 4) is 0 Å². The third-order valence-electron chi connectivity index (χ3n) is 1.77. The average Bonchev–Trinajstić information content (AvgIpc) is 1.98. The zero-order chi connectivity index (χ0) is 12.8. The van der Waals surface area contributed by atoms with Crippen LogP contribution in [0.15, 0.2) is 23.1 Å². The number of hydrogen-bond donors (Lipinski definition) is 0. The van der Waals surface area contributed by atoms with Gasteiger partial charge in [0, 0.05) is 5.56 Å². The van der Waals surface area contributed by atoms with Crippen molar-refractivity contribution < 1.29 is 24.2 Å². The summed E-state index contributed by atoms with van der Waals surface area (Å²) in [4.78, 5) is 8.74. The van der Waals surface area contributed by atoms with E-state index in [9.17, 15) is 24.2 Å². The Morgan fingerprint density at radius 2 is 1.69 bits per heavy atom. The van der Waals surface area contributed by atoms with Gasteiger partial charge in [0.1, 0.15) is 4.90 Å². The first-order valence-corrected chi connectivity index (χ1v) is 6.19. The molecular weight excluding hydrogens is 275 g/mol. The van der Waals surface area contributed by atoms with Crippen molar-refractivity contribution in [3.63, 3.8) is 0 Å². The zero-order valence-corrected chi connectivity index (χ0v) is 9.39. The van der Waals surface area contributed by atoms with Crippen LogP contribution in [-0.2, 0) is 0 Å². The number of Topliss-reactive ketones (excluding diaryl/α,β-unsaturated/α-hetero) is 1. The van der Waals surface area contributed by atoms with Crippen LogP contribution in [-0.4, -0.2) is 5.78 Å². The van der Waals surface area contributed by atoms with E-state index in [1.54, 1.807) is 0 Å². The van der Waals surface area contributed by atoms with E-state index in [0.29, 0.717) is 6.07 Å². The highest BCUT2D eigenvalue weighted by Crippen LogP contribution is 3.02. The fourth-order valence-electron chi connectivity index (χ4n) is 1.02. The summed E-state index contributed by atoms with van der Waals surface area (Å²) in [6.45, 7) is 1.07. The number of hydrogen-bond acceptors (Lipinski definition) is 1. The Morgan fingerprint density at radius 1 is 1.19 bits per heavy atom. The van der Waals surface area contributed by atoms with Crippen LogP contribution in [0.4, 0.5) is 19.4 Å². The highest BCUT2D eigenvalue weighted by atomic mass is 35.5. The minimum atomic E-state index is -9.72. The number of halogens is 6. The molecule has 0 bridgehead atoms.